The molecule has 0 spiro atoms. The lowest BCUT2D eigenvalue weighted by Crippen LogP contribution is -2.19. The van der Waals surface area contributed by atoms with Crippen LogP contribution in [0, 0.1) is 5.92 Å². The highest BCUT2D eigenvalue weighted by Gasteiger charge is 2.32. The fourth-order valence-electron chi connectivity index (χ4n) is 2.21. The minimum absolute atomic E-state index is 0.00247. The van der Waals surface area contributed by atoms with Gasteiger partial charge in [-0.3, -0.25) is 0 Å². The van der Waals surface area contributed by atoms with Gasteiger partial charge in [0.05, 0.1) is 6.10 Å². The van der Waals surface area contributed by atoms with E-state index in [0.717, 1.165) is 0 Å². The van der Waals surface area contributed by atoms with Crippen molar-refractivity contribution in [3.05, 3.63) is 11.1 Å². The summed E-state index contributed by atoms with van der Waals surface area (Å²) in [5.74, 6) is 0.989. The molecule has 1 aliphatic carbocycles. The monoisotopic (exact) mass is 272 g/mol. The van der Waals surface area contributed by atoms with Crippen molar-refractivity contribution in [3.63, 3.8) is 0 Å². The first-order valence-corrected chi connectivity index (χ1v) is 6.46. The predicted molar refractivity (Wildman–Crippen MR) is 67.4 cm³/mol. The molecule has 1 aliphatic rings. The number of anilines is 1. The minimum Gasteiger partial charge on any atom is -0.396 e. The molecule has 0 aromatic carbocycles. The number of aliphatic hydroxyl groups excluding tert-OH is 2. The summed E-state index contributed by atoms with van der Waals surface area (Å²) >= 11 is 5.81. The Bertz CT molecular complexity index is 418. The topological polar surface area (TPSA) is 91.2 Å². The number of nitrogens with zero attached hydrogens (tertiary/aromatic N) is 3. The smallest absolute Gasteiger partial charge is 0.227 e. The van der Waals surface area contributed by atoms with Crippen LogP contribution in [0.25, 0.3) is 0 Å². The van der Waals surface area contributed by atoms with E-state index in [1.54, 1.807) is 0 Å². The van der Waals surface area contributed by atoms with Gasteiger partial charge in [-0.05, 0) is 24.4 Å². The number of halogens is 1. The van der Waals surface area contributed by atoms with Gasteiger partial charge in [0.1, 0.15) is 5.82 Å². The normalized spacial score (nSPS) is 27.4. The summed E-state index contributed by atoms with van der Waals surface area (Å²) in [5, 5.41) is 22.1. The molecule has 1 heterocycles. The number of aromatic nitrogens is 3. The van der Waals surface area contributed by atoms with Gasteiger partial charge in [0.2, 0.25) is 11.2 Å². The average Bonchev–Trinajstić information content (AvgIpc) is 2.68. The Labute approximate surface area is 110 Å². The lowest BCUT2D eigenvalue weighted by Gasteiger charge is -2.12. The fourth-order valence-corrected chi connectivity index (χ4v) is 2.39. The molecule has 1 fully saturated rings. The summed E-state index contributed by atoms with van der Waals surface area (Å²) in [7, 11) is 0. The van der Waals surface area contributed by atoms with Gasteiger partial charge in [-0.25, -0.2) is 4.98 Å². The van der Waals surface area contributed by atoms with Crippen molar-refractivity contribution in [1.82, 2.24) is 15.0 Å². The molecule has 3 atom stereocenters. The Morgan fingerprint density at radius 1 is 1.33 bits per heavy atom. The van der Waals surface area contributed by atoms with Crippen molar-refractivity contribution in [2.45, 2.75) is 38.3 Å². The zero-order valence-electron chi connectivity index (χ0n) is 10.2. The second kappa shape index (κ2) is 5.77. The van der Waals surface area contributed by atoms with Crippen molar-refractivity contribution in [2.24, 2.45) is 5.92 Å². The molecule has 0 saturated heterocycles. The molecule has 2 unspecified atom stereocenters. The maximum Gasteiger partial charge on any atom is 0.227 e. The second-order valence-corrected chi connectivity index (χ2v) is 4.86. The lowest BCUT2D eigenvalue weighted by atomic mass is 10.1. The van der Waals surface area contributed by atoms with Gasteiger partial charge in [-0.1, -0.05) is 6.92 Å². The number of hydrogen-bond acceptors (Lipinski definition) is 6. The molecule has 0 amide bonds. The molecule has 0 radical (unpaired) electrons. The molecule has 0 bridgehead atoms. The van der Waals surface area contributed by atoms with Crippen LogP contribution in [-0.2, 0) is 6.42 Å². The van der Waals surface area contributed by atoms with Crippen LogP contribution in [0.2, 0.25) is 5.28 Å². The quantitative estimate of drug-likeness (QED) is 0.745. The maximum atomic E-state index is 9.71. The Morgan fingerprint density at radius 3 is 2.72 bits per heavy atom. The van der Waals surface area contributed by atoms with Crippen LogP contribution in [0.15, 0.2) is 0 Å². The Kier molecular flexibility index (Phi) is 4.31. The van der Waals surface area contributed by atoms with E-state index in [2.05, 4.69) is 20.3 Å². The van der Waals surface area contributed by atoms with Crippen LogP contribution in [0.1, 0.15) is 25.6 Å². The molecular formula is C11H17ClN4O2. The Hall–Kier alpha value is -0.980. The van der Waals surface area contributed by atoms with Gasteiger partial charge in [0.15, 0.2) is 0 Å². The zero-order chi connectivity index (χ0) is 13.1. The second-order valence-electron chi connectivity index (χ2n) is 4.52. The first kappa shape index (κ1) is 13.5. The third kappa shape index (κ3) is 3.07. The lowest BCUT2D eigenvalue weighted by molar-refractivity contribution is 0.0908. The van der Waals surface area contributed by atoms with Crippen molar-refractivity contribution in [2.75, 3.05) is 11.9 Å². The highest BCUT2D eigenvalue weighted by molar-refractivity contribution is 6.28. The van der Waals surface area contributed by atoms with E-state index >= 15 is 0 Å². The number of rotatable bonds is 4. The summed E-state index contributed by atoms with van der Waals surface area (Å²) in [4.78, 5) is 12.2. The van der Waals surface area contributed by atoms with Gasteiger partial charge in [-0.2, -0.15) is 9.97 Å². The van der Waals surface area contributed by atoms with Gasteiger partial charge in [0.25, 0.3) is 0 Å². The van der Waals surface area contributed by atoms with Crippen LogP contribution < -0.4 is 5.32 Å². The van der Waals surface area contributed by atoms with E-state index < -0.39 is 6.10 Å². The summed E-state index contributed by atoms with van der Waals surface area (Å²) in [6.07, 6.45) is 1.48. The third-order valence-corrected chi connectivity index (χ3v) is 3.36. The first-order chi connectivity index (χ1) is 8.62. The van der Waals surface area contributed by atoms with E-state index in [-0.39, 0.29) is 23.9 Å². The maximum absolute atomic E-state index is 9.71. The van der Waals surface area contributed by atoms with Crippen LogP contribution in [0.3, 0.4) is 0 Å². The van der Waals surface area contributed by atoms with Gasteiger partial charge in [0, 0.05) is 25.0 Å². The molecule has 7 heteroatoms. The molecule has 100 valence electrons. The summed E-state index contributed by atoms with van der Waals surface area (Å²) in [6.45, 7) is 1.94. The van der Waals surface area contributed by atoms with E-state index in [1.807, 2.05) is 6.92 Å². The first-order valence-electron chi connectivity index (χ1n) is 6.08. The Balaban J connectivity index is 2.04. The number of nitrogens with one attached hydrogen (secondary N) is 1. The minimum atomic E-state index is -0.476. The van der Waals surface area contributed by atoms with Crippen molar-refractivity contribution >= 4 is 17.5 Å². The van der Waals surface area contributed by atoms with E-state index in [9.17, 15) is 5.11 Å². The van der Waals surface area contributed by atoms with Gasteiger partial charge >= 0.3 is 0 Å². The summed E-state index contributed by atoms with van der Waals surface area (Å²) in [5.41, 5.74) is 0. The van der Waals surface area contributed by atoms with Gasteiger partial charge in [-0.15, -0.1) is 0 Å². The third-order valence-electron chi connectivity index (χ3n) is 3.20. The Morgan fingerprint density at radius 2 is 2.11 bits per heavy atom. The standard InChI is InChI=1S/C11H17ClN4O2/c1-2-9-14-10(12)16-11(15-9)13-7-3-6(5-17)8(18)4-7/h6-8,17-18H,2-5H2,1H3,(H,13,14,15,16)/t6?,7?,8-/m0/s1. The highest BCUT2D eigenvalue weighted by Crippen LogP contribution is 2.27. The molecule has 1 aromatic rings. The molecule has 3 N–H and O–H groups in total. The summed E-state index contributed by atoms with van der Waals surface area (Å²) < 4.78 is 0. The molecular weight excluding hydrogens is 256 g/mol. The number of aliphatic hydroxyl groups is 2. The molecule has 1 aromatic heterocycles. The van der Waals surface area contributed by atoms with Crippen LogP contribution >= 0.6 is 11.6 Å². The predicted octanol–water partition coefficient (Wildman–Crippen LogP) is 0.631. The van der Waals surface area contributed by atoms with Crippen LogP contribution in [-0.4, -0.2) is 43.9 Å². The summed E-state index contributed by atoms with van der Waals surface area (Å²) in [6, 6.07) is 0.0559. The number of aryl methyl sites for hydroxylation is 1. The van der Waals surface area contributed by atoms with E-state index in [4.69, 9.17) is 16.7 Å². The van der Waals surface area contributed by atoms with Crippen LogP contribution in [0.4, 0.5) is 5.95 Å². The number of hydrogen-bond donors (Lipinski definition) is 3. The van der Waals surface area contributed by atoms with E-state index in [0.29, 0.717) is 31.0 Å². The van der Waals surface area contributed by atoms with E-state index in [1.165, 1.54) is 0 Å². The molecule has 2 rings (SSSR count). The average molecular weight is 273 g/mol. The largest absolute Gasteiger partial charge is 0.396 e. The molecule has 0 aliphatic heterocycles. The van der Waals surface area contributed by atoms with Crippen LogP contribution in [0.5, 0.6) is 0 Å². The molecule has 6 nitrogen and oxygen atoms in total. The molecule has 18 heavy (non-hydrogen) atoms. The van der Waals surface area contributed by atoms with Crippen molar-refractivity contribution in [1.29, 1.82) is 0 Å². The van der Waals surface area contributed by atoms with Crippen molar-refractivity contribution in [3.8, 4) is 0 Å². The highest BCUT2D eigenvalue weighted by atomic mass is 35.5. The van der Waals surface area contributed by atoms with Crippen molar-refractivity contribution < 1.29 is 10.2 Å². The SMILES string of the molecule is CCc1nc(Cl)nc(NC2CC(CO)[C@@H](O)C2)n1. The fraction of sp³-hybridized carbons (Fsp3) is 0.727. The van der Waals surface area contributed by atoms with Gasteiger partial charge < -0.3 is 15.5 Å². The zero-order valence-corrected chi connectivity index (χ0v) is 10.9. The molecule has 1 saturated carbocycles.